The first kappa shape index (κ1) is 21.5. The molecule has 0 atom stereocenters. The summed E-state index contributed by atoms with van der Waals surface area (Å²) in [5.41, 5.74) is 0.269. The van der Waals surface area contributed by atoms with Gasteiger partial charge in [-0.2, -0.15) is 5.06 Å². The van der Waals surface area contributed by atoms with E-state index in [1.807, 2.05) is 53.6 Å². The number of carbonyl (C=O) groups is 1. The summed E-state index contributed by atoms with van der Waals surface area (Å²) in [6.07, 6.45) is 1.27. The number of nitrogens with one attached hydrogen (secondary N) is 1. The fourth-order valence-electron chi connectivity index (χ4n) is 3.86. The largest absolute Gasteiger partial charge is 0.504 e. The molecule has 0 aromatic heterocycles. The van der Waals surface area contributed by atoms with E-state index in [-0.39, 0.29) is 17.7 Å². The van der Waals surface area contributed by atoms with Gasteiger partial charge in [0.05, 0.1) is 0 Å². The number of carbonyl (C=O) groups excluding carboxylic acids is 1. The molecule has 1 aliphatic rings. The fourth-order valence-corrected chi connectivity index (χ4v) is 3.86. The van der Waals surface area contributed by atoms with Crippen molar-refractivity contribution in [3.05, 3.63) is 23.3 Å². The van der Waals surface area contributed by atoms with Crippen LogP contribution in [-0.2, 0) is 0 Å². The molecule has 0 unspecified atom stereocenters. The van der Waals surface area contributed by atoms with Crippen LogP contribution >= 0.6 is 0 Å². The normalized spacial score (nSPS) is 19.9. The Labute approximate surface area is 161 Å². The van der Waals surface area contributed by atoms with Gasteiger partial charge < -0.3 is 20.4 Å². The molecule has 27 heavy (non-hydrogen) atoms. The molecule has 0 bridgehead atoms. The Hall–Kier alpha value is -1.83. The van der Waals surface area contributed by atoms with Crippen molar-refractivity contribution in [3.8, 4) is 11.5 Å². The third-order valence-corrected chi connectivity index (χ3v) is 5.00. The molecule has 0 saturated carbocycles. The summed E-state index contributed by atoms with van der Waals surface area (Å²) in [5, 5.41) is 25.1. The molecule has 152 valence electrons. The zero-order chi connectivity index (χ0) is 20.6. The standard InChI is InChI=1S/C20H33N3O4/c1-13-8-17(27-12-22(6)7)16(24)9-15(13)18(25)21-14-10-19(2,3)23(26)20(4,5)11-14/h8-9,14,24,26H,10-12H2,1-7H3,(H,21,25). The maximum Gasteiger partial charge on any atom is 0.251 e. The number of benzene rings is 1. The number of hydroxylamine groups is 2. The number of aromatic hydroxyl groups is 1. The second-order valence-corrected chi connectivity index (χ2v) is 9.00. The van der Waals surface area contributed by atoms with Gasteiger partial charge in [0.15, 0.2) is 11.5 Å². The van der Waals surface area contributed by atoms with Crippen molar-refractivity contribution in [2.24, 2.45) is 0 Å². The summed E-state index contributed by atoms with van der Waals surface area (Å²) in [6, 6.07) is 3.06. The third kappa shape index (κ3) is 4.91. The van der Waals surface area contributed by atoms with Gasteiger partial charge in [0, 0.05) is 22.7 Å². The van der Waals surface area contributed by atoms with E-state index in [2.05, 4.69) is 5.32 Å². The Kier molecular flexibility index (Phi) is 6.09. The molecular weight excluding hydrogens is 346 g/mol. The van der Waals surface area contributed by atoms with Gasteiger partial charge in [0.25, 0.3) is 5.91 Å². The van der Waals surface area contributed by atoms with Gasteiger partial charge >= 0.3 is 0 Å². The zero-order valence-corrected chi connectivity index (χ0v) is 17.5. The lowest BCUT2D eigenvalue weighted by Crippen LogP contribution is -2.62. The summed E-state index contributed by atoms with van der Waals surface area (Å²) in [4.78, 5) is 14.7. The molecular formula is C20H33N3O4. The number of amides is 1. The Morgan fingerprint density at radius 2 is 1.81 bits per heavy atom. The molecule has 1 fully saturated rings. The molecule has 3 N–H and O–H groups in total. The van der Waals surface area contributed by atoms with E-state index >= 15 is 0 Å². The molecule has 1 heterocycles. The monoisotopic (exact) mass is 379 g/mol. The van der Waals surface area contributed by atoms with Crippen molar-refractivity contribution in [1.29, 1.82) is 0 Å². The molecule has 2 rings (SSSR count). The highest BCUT2D eigenvalue weighted by molar-refractivity contribution is 5.96. The first-order chi connectivity index (χ1) is 12.3. The molecule has 7 nitrogen and oxygen atoms in total. The molecule has 1 aromatic rings. The van der Waals surface area contributed by atoms with Crippen molar-refractivity contribution >= 4 is 5.91 Å². The Balaban J connectivity index is 2.15. The molecule has 7 heteroatoms. The molecule has 0 aliphatic carbocycles. The van der Waals surface area contributed by atoms with E-state index in [4.69, 9.17) is 4.74 Å². The number of piperidine rings is 1. The second kappa shape index (κ2) is 7.66. The lowest BCUT2D eigenvalue weighted by atomic mass is 9.79. The number of aryl methyl sites for hydroxylation is 1. The lowest BCUT2D eigenvalue weighted by Gasteiger charge is -2.51. The van der Waals surface area contributed by atoms with Crippen LogP contribution in [0.15, 0.2) is 12.1 Å². The minimum absolute atomic E-state index is 0.0570. The predicted molar refractivity (Wildman–Crippen MR) is 104 cm³/mol. The quantitative estimate of drug-likeness (QED) is 0.682. The topological polar surface area (TPSA) is 85.3 Å². The van der Waals surface area contributed by atoms with Crippen LogP contribution in [0.1, 0.15) is 56.5 Å². The van der Waals surface area contributed by atoms with E-state index in [0.29, 0.717) is 30.9 Å². The fraction of sp³-hybridized carbons (Fsp3) is 0.650. The van der Waals surface area contributed by atoms with Gasteiger partial charge in [-0.25, -0.2) is 0 Å². The van der Waals surface area contributed by atoms with E-state index in [0.717, 1.165) is 5.56 Å². The van der Waals surface area contributed by atoms with Crippen LogP contribution in [-0.4, -0.2) is 64.1 Å². The van der Waals surface area contributed by atoms with Gasteiger partial charge in [-0.05, 0) is 79.3 Å². The summed E-state index contributed by atoms with van der Waals surface area (Å²) < 4.78 is 5.54. The summed E-state index contributed by atoms with van der Waals surface area (Å²) >= 11 is 0. The maximum atomic E-state index is 12.8. The molecule has 1 aromatic carbocycles. The Bertz CT molecular complexity index is 683. The highest BCUT2D eigenvalue weighted by Crippen LogP contribution is 2.37. The number of hydrogen-bond donors (Lipinski definition) is 3. The highest BCUT2D eigenvalue weighted by atomic mass is 16.5. The first-order valence-corrected chi connectivity index (χ1v) is 9.25. The number of rotatable bonds is 5. The number of ether oxygens (including phenoxy) is 1. The summed E-state index contributed by atoms with van der Waals surface area (Å²) in [5.74, 6) is 0.0667. The smallest absolute Gasteiger partial charge is 0.251 e. The van der Waals surface area contributed by atoms with Crippen LogP contribution in [0.3, 0.4) is 0 Å². The number of hydrogen-bond acceptors (Lipinski definition) is 6. The maximum absolute atomic E-state index is 12.8. The van der Waals surface area contributed by atoms with Gasteiger partial charge in [-0.15, -0.1) is 0 Å². The summed E-state index contributed by atoms with van der Waals surface area (Å²) in [6.45, 7) is 9.99. The molecule has 1 amide bonds. The SMILES string of the molecule is Cc1cc(OCN(C)C)c(O)cc1C(=O)NC1CC(C)(C)N(O)C(C)(C)C1. The first-order valence-electron chi connectivity index (χ1n) is 9.25. The van der Waals surface area contributed by atoms with E-state index in [1.165, 1.54) is 11.1 Å². The zero-order valence-electron chi connectivity index (χ0n) is 17.5. The van der Waals surface area contributed by atoms with Crippen LogP contribution in [0.4, 0.5) is 0 Å². The Morgan fingerprint density at radius 3 is 2.33 bits per heavy atom. The average Bonchev–Trinajstić information content (AvgIpc) is 2.52. The molecule has 1 saturated heterocycles. The second-order valence-electron chi connectivity index (χ2n) is 9.00. The van der Waals surface area contributed by atoms with Crippen LogP contribution < -0.4 is 10.1 Å². The number of phenolic OH excluding ortho intramolecular Hbond substituents is 1. The molecule has 0 radical (unpaired) electrons. The van der Waals surface area contributed by atoms with Crippen LogP contribution in [0.5, 0.6) is 11.5 Å². The lowest BCUT2D eigenvalue weighted by molar-refractivity contribution is -0.245. The Morgan fingerprint density at radius 1 is 1.26 bits per heavy atom. The van der Waals surface area contributed by atoms with Gasteiger partial charge in [0.2, 0.25) is 0 Å². The van der Waals surface area contributed by atoms with Crippen molar-refractivity contribution in [3.63, 3.8) is 0 Å². The van der Waals surface area contributed by atoms with E-state index < -0.39 is 11.1 Å². The number of phenols is 1. The van der Waals surface area contributed by atoms with E-state index in [9.17, 15) is 15.1 Å². The minimum atomic E-state index is -0.444. The highest BCUT2D eigenvalue weighted by Gasteiger charge is 2.45. The van der Waals surface area contributed by atoms with Gasteiger partial charge in [-0.1, -0.05) is 0 Å². The molecule has 1 aliphatic heterocycles. The minimum Gasteiger partial charge on any atom is -0.504 e. The van der Waals surface area contributed by atoms with Gasteiger partial charge in [-0.3, -0.25) is 9.69 Å². The molecule has 0 spiro atoms. The van der Waals surface area contributed by atoms with Crippen LogP contribution in [0, 0.1) is 6.92 Å². The van der Waals surface area contributed by atoms with Crippen molar-refractivity contribution in [2.75, 3.05) is 20.8 Å². The average molecular weight is 380 g/mol. The van der Waals surface area contributed by atoms with Crippen molar-refractivity contribution in [2.45, 2.75) is 64.6 Å². The van der Waals surface area contributed by atoms with Crippen molar-refractivity contribution < 1.29 is 19.8 Å². The van der Waals surface area contributed by atoms with Crippen LogP contribution in [0.25, 0.3) is 0 Å². The van der Waals surface area contributed by atoms with Crippen LogP contribution in [0.2, 0.25) is 0 Å². The van der Waals surface area contributed by atoms with Crippen molar-refractivity contribution in [1.82, 2.24) is 15.3 Å². The predicted octanol–water partition coefficient (Wildman–Crippen LogP) is 2.74. The summed E-state index contributed by atoms with van der Waals surface area (Å²) in [7, 11) is 3.73. The van der Waals surface area contributed by atoms with E-state index in [1.54, 1.807) is 6.07 Å². The third-order valence-electron chi connectivity index (χ3n) is 5.00. The van der Waals surface area contributed by atoms with Gasteiger partial charge in [0.1, 0.15) is 6.73 Å². The number of nitrogens with zero attached hydrogens (tertiary/aromatic N) is 2.